The Morgan fingerprint density at radius 1 is 1.35 bits per heavy atom. The Morgan fingerprint density at radius 3 is 2.81 bits per heavy atom. The number of ether oxygens (including phenoxy) is 2. The first kappa shape index (κ1) is 18.8. The molecule has 3 rings (SSSR count). The fourth-order valence-electron chi connectivity index (χ4n) is 3.21. The molecule has 0 bridgehead atoms. The van der Waals surface area contributed by atoms with Gasteiger partial charge in [-0.05, 0) is 31.7 Å². The monoisotopic (exact) mass is 381 g/mol. The fourth-order valence-corrected chi connectivity index (χ4v) is 4.48. The molecule has 1 aromatic rings. The van der Waals surface area contributed by atoms with Crippen LogP contribution in [0.1, 0.15) is 40.6 Å². The Labute approximate surface area is 155 Å². The normalized spacial score (nSPS) is 19.2. The van der Waals surface area contributed by atoms with E-state index in [-0.39, 0.29) is 19.1 Å². The largest absolute Gasteiger partial charge is 0.462 e. The van der Waals surface area contributed by atoms with Gasteiger partial charge in [0, 0.05) is 13.1 Å². The van der Waals surface area contributed by atoms with Gasteiger partial charge in [0.15, 0.2) is 0 Å². The maximum Gasteiger partial charge on any atom is 0.341 e. The number of morpholine rings is 1. The summed E-state index contributed by atoms with van der Waals surface area (Å²) in [6.45, 7) is 4.89. The van der Waals surface area contributed by atoms with Crippen LogP contribution in [0, 0.1) is 0 Å². The van der Waals surface area contributed by atoms with Crippen molar-refractivity contribution in [2.45, 2.75) is 26.2 Å². The number of fused-ring (bicyclic) bond motifs is 1. The van der Waals surface area contributed by atoms with Crippen molar-refractivity contribution in [3.63, 3.8) is 0 Å². The summed E-state index contributed by atoms with van der Waals surface area (Å²) >= 11 is 1.27. The van der Waals surface area contributed by atoms with Crippen LogP contribution in [0.3, 0.4) is 0 Å². The van der Waals surface area contributed by atoms with Gasteiger partial charge < -0.3 is 20.0 Å². The number of nitrogens with one attached hydrogen (secondary N) is 1. The van der Waals surface area contributed by atoms with Crippen molar-refractivity contribution >= 4 is 33.9 Å². The Hall–Kier alpha value is -1.97. The highest BCUT2D eigenvalue weighted by atomic mass is 32.1. The van der Waals surface area contributed by atoms with Crippen LogP contribution in [0.15, 0.2) is 5.16 Å². The quantitative estimate of drug-likeness (QED) is 0.458. The van der Waals surface area contributed by atoms with E-state index >= 15 is 0 Å². The average molecular weight is 381 g/mol. The highest BCUT2D eigenvalue weighted by molar-refractivity contribution is 7.19. The van der Waals surface area contributed by atoms with Gasteiger partial charge in [0.25, 0.3) is 0 Å². The third-order valence-corrected chi connectivity index (χ3v) is 5.63. The lowest BCUT2D eigenvalue weighted by molar-refractivity contribution is -0.118. The summed E-state index contributed by atoms with van der Waals surface area (Å²) in [5.74, 6) is -0.635. The van der Waals surface area contributed by atoms with E-state index in [1.165, 1.54) is 11.3 Å². The number of carbonyl (C=O) groups excluding carboxylic acids is 2. The summed E-state index contributed by atoms with van der Waals surface area (Å²) in [7, 11) is 0. The fraction of sp³-hybridized carbons (Fsp3) is 0.588. The molecule has 1 amide bonds. The topological polar surface area (TPSA) is 100 Å². The van der Waals surface area contributed by atoms with E-state index in [4.69, 9.17) is 9.47 Å². The minimum atomic E-state index is -0.453. The summed E-state index contributed by atoms with van der Waals surface area (Å²) in [6, 6.07) is 0. The summed E-state index contributed by atoms with van der Waals surface area (Å²) < 4.78 is 10.5. The first-order valence-corrected chi connectivity index (χ1v) is 9.59. The zero-order valence-corrected chi connectivity index (χ0v) is 15.6. The number of hydrogen-bond donors (Lipinski definition) is 2. The van der Waals surface area contributed by atoms with Crippen LogP contribution in [-0.4, -0.2) is 67.2 Å². The molecule has 142 valence electrons. The van der Waals surface area contributed by atoms with Crippen LogP contribution in [0.5, 0.6) is 0 Å². The summed E-state index contributed by atoms with van der Waals surface area (Å²) in [6.07, 6.45) is 2.13. The Morgan fingerprint density at radius 2 is 2.12 bits per heavy atom. The van der Waals surface area contributed by atoms with E-state index < -0.39 is 5.97 Å². The van der Waals surface area contributed by atoms with Crippen LogP contribution in [-0.2, 0) is 20.7 Å². The molecule has 2 heterocycles. The molecule has 0 spiro atoms. The first-order chi connectivity index (χ1) is 12.6. The van der Waals surface area contributed by atoms with E-state index in [0.29, 0.717) is 55.4 Å². The van der Waals surface area contributed by atoms with Gasteiger partial charge in [0.1, 0.15) is 5.00 Å². The van der Waals surface area contributed by atoms with E-state index in [1.807, 2.05) is 4.90 Å². The van der Waals surface area contributed by atoms with Crippen LogP contribution in [0.25, 0.3) is 0 Å². The first-order valence-electron chi connectivity index (χ1n) is 8.78. The van der Waals surface area contributed by atoms with Crippen LogP contribution < -0.4 is 5.32 Å². The van der Waals surface area contributed by atoms with Crippen molar-refractivity contribution in [1.29, 1.82) is 0 Å². The van der Waals surface area contributed by atoms with Crippen molar-refractivity contribution < 1.29 is 24.3 Å². The molecule has 1 aliphatic carbocycles. The highest BCUT2D eigenvalue weighted by Gasteiger charge is 2.30. The predicted octanol–water partition coefficient (Wildman–Crippen LogP) is 1.71. The third-order valence-electron chi connectivity index (χ3n) is 4.43. The second kappa shape index (κ2) is 8.61. The summed E-state index contributed by atoms with van der Waals surface area (Å²) in [4.78, 5) is 27.7. The number of rotatable bonds is 5. The average Bonchev–Trinajstić information content (AvgIpc) is 3.00. The molecule has 0 radical (unpaired) electrons. The van der Waals surface area contributed by atoms with Crippen molar-refractivity contribution in [2.24, 2.45) is 5.16 Å². The van der Waals surface area contributed by atoms with Gasteiger partial charge in [-0.2, -0.15) is 0 Å². The molecule has 1 aliphatic heterocycles. The van der Waals surface area contributed by atoms with Gasteiger partial charge in [-0.3, -0.25) is 9.69 Å². The van der Waals surface area contributed by atoms with E-state index in [9.17, 15) is 14.8 Å². The smallest absolute Gasteiger partial charge is 0.341 e. The molecule has 26 heavy (non-hydrogen) atoms. The van der Waals surface area contributed by atoms with Crippen molar-refractivity contribution in [3.8, 4) is 0 Å². The molecule has 8 nitrogen and oxygen atoms in total. The lowest BCUT2D eigenvalue weighted by Gasteiger charge is -2.25. The molecular weight excluding hydrogens is 358 g/mol. The van der Waals surface area contributed by atoms with Gasteiger partial charge >= 0.3 is 5.97 Å². The summed E-state index contributed by atoms with van der Waals surface area (Å²) in [5.41, 5.74) is 1.74. The molecule has 1 aromatic heterocycles. The molecule has 0 saturated carbocycles. The van der Waals surface area contributed by atoms with Crippen molar-refractivity contribution in [3.05, 3.63) is 16.0 Å². The highest BCUT2D eigenvalue weighted by Crippen LogP contribution is 2.38. The van der Waals surface area contributed by atoms with Crippen LogP contribution in [0.2, 0.25) is 0 Å². The minimum Gasteiger partial charge on any atom is -0.462 e. The van der Waals surface area contributed by atoms with E-state index in [1.54, 1.807) is 6.92 Å². The minimum absolute atomic E-state index is 0.182. The number of anilines is 1. The van der Waals surface area contributed by atoms with E-state index in [0.717, 1.165) is 16.9 Å². The number of hydrogen-bond acceptors (Lipinski definition) is 8. The standard InChI is InChI=1S/C17H23N3O5S/c1-2-25-17(22)14-11-4-3-5-12(19-23)15(11)26-16(14)18-13(21)10-20-6-8-24-9-7-20/h23H,2-10H2,1H3,(H,18,21). The number of esters is 1. The van der Waals surface area contributed by atoms with Crippen LogP contribution in [0.4, 0.5) is 5.00 Å². The lowest BCUT2D eigenvalue weighted by atomic mass is 9.94. The predicted molar refractivity (Wildman–Crippen MR) is 97.4 cm³/mol. The molecule has 0 aromatic carbocycles. The number of carbonyl (C=O) groups is 2. The molecule has 1 fully saturated rings. The number of thiophene rings is 1. The molecule has 1 saturated heterocycles. The summed E-state index contributed by atoms with van der Waals surface area (Å²) in [5, 5.41) is 15.9. The maximum atomic E-state index is 12.5. The second-order valence-electron chi connectivity index (χ2n) is 6.17. The molecule has 0 unspecified atom stereocenters. The molecule has 2 aliphatic rings. The SMILES string of the molecule is CCOC(=O)c1c(NC(=O)CN2CCOCC2)sc2c1CCCC2=NO. The second-order valence-corrected chi connectivity index (χ2v) is 7.19. The van der Waals surface area contributed by atoms with Gasteiger partial charge in [-0.25, -0.2) is 4.79 Å². The Balaban J connectivity index is 1.84. The molecule has 0 atom stereocenters. The zero-order valence-electron chi connectivity index (χ0n) is 14.7. The van der Waals surface area contributed by atoms with Crippen LogP contribution >= 0.6 is 11.3 Å². The van der Waals surface area contributed by atoms with Gasteiger partial charge in [0.2, 0.25) is 5.91 Å². The van der Waals surface area contributed by atoms with Gasteiger partial charge in [-0.1, -0.05) is 5.16 Å². The third kappa shape index (κ3) is 4.05. The van der Waals surface area contributed by atoms with Crippen molar-refractivity contribution in [1.82, 2.24) is 4.90 Å². The Kier molecular flexibility index (Phi) is 6.23. The number of amides is 1. The Bertz CT molecular complexity index is 709. The van der Waals surface area contributed by atoms with Gasteiger partial charge in [-0.15, -0.1) is 11.3 Å². The lowest BCUT2D eigenvalue weighted by Crippen LogP contribution is -2.41. The number of oxime groups is 1. The van der Waals surface area contributed by atoms with E-state index in [2.05, 4.69) is 10.5 Å². The number of nitrogens with zero attached hydrogens (tertiary/aromatic N) is 2. The van der Waals surface area contributed by atoms with Gasteiger partial charge in [0.05, 0.1) is 42.5 Å². The maximum absolute atomic E-state index is 12.5. The zero-order chi connectivity index (χ0) is 18.5. The molecular formula is C17H23N3O5S. The molecule has 9 heteroatoms. The van der Waals surface area contributed by atoms with Crippen molar-refractivity contribution in [2.75, 3.05) is 44.8 Å². The molecule has 2 N–H and O–H groups in total.